The van der Waals surface area contributed by atoms with Crippen molar-refractivity contribution in [2.24, 2.45) is 7.05 Å². The Hall–Kier alpha value is -2.42. The minimum absolute atomic E-state index is 0.0144. The summed E-state index contributed by atoms with van der Waals surface area (Å²) in [6.07, 6.45) is 0.807. The lowest BCUT2D eigenvalue weighted by Gasteiger charge is -2.22. The van der Waals surface area contributed by atoms with Crippen LogP contribution in [-0.4, -0.2) is 30.2 Å². The molecule has 1 aliphatic carbocycles. The number of oxazole rings is 1. The van der Waals surface area contributed by atoms with Gasteiger partial charge >= 0.3 is 5.76 Å². The molecule has 8 heteroatoms. The van der Waals surface area contributed by atoms with E-state index in [1.54, 1.807) is 0 Å². The normalized spacial score (nSPS) is 16.1. The first-order valence-corrected chi connectivity index (χ1v) is 9.64. The van der Waals surface area contributed by atoms with Crippen molar-refractivity contribution >= 4 is 21.1 Å². The Bertz CT molecular complexity index is 1130. The molecule has 1 heterocycles. The van der Waals surface area contributed by atoms with Gasteiger partial charge in [-0.05, 0) is 29.3 Å². The first-order chi connectivity index (χ1) is 12.3. The van der Waals surface area contributed by atoms with Crippen LogP contribution in [0.3, 0.4) is 0 Å². The highest BCUT2D eigenvalue weighted by atomic mass is 32.2. The number of benzene rings is 2. The van der Waals surface area contributed by atoms with Gasteiger partial charge < -0.3 is 9.52 Å². The van der Waals surface area contributed by atoms with E-state index in [9.17, 15) is 18.3 Å². The molecule has 0 bridgehead atoms. The topological polar surface area (TPSA) is 102 Å². The van der Waals surface area contributed by atoms with Crippen LogP contribution in [0.2, 0.25) is 0 Å². The highest BCUT2D eigenvalue weighted by molar-refractivity contribution is 7.89. The van der Waals surface area contributed by atoms with Crippen molar-refractivity contribution in [3.63, 3.8) is 0 Å². The fraction of sp³-hybridized carbons (Fsp3) is 0.278. The van der Waals surface area contributed by atoms with Crippen LogP contribution in [-0.2, 0) is 29.9 Å². The lowest BCUT2D eigenvalue weighted by Crippen LogP contribution is -2.43. The standard InChI is InChI=1S/C18H18N2O5S/c1-20-15-8-14(6-7-16(15)25-17(20)21)26(23,24)19-11-18(22)9-12-4-2-3-5-13(12)10-18/h2-8,19,22H,9-11H2,1H3. The number of aliphatic hydroxyl groups is 1. The van der Waals surface area contributed by atoms with Crippen LogP contribution in [0.15, 0.2) is 56.6 Å². The lowest BCUT2D eigenvalue weighted by molar-refractivity contribution is 0.0567. The molecular weight excluding hydrogens is 356 g/mol. The van der Waals surface area contributed by atoms with Crippen molar-refractivity contribution in [1.29, 1.82) is 0 Å². The SMILES string of the molecule is Cn1c(=O)oc2ccc(S(=O)(=O)NCC3(O)Cc4ccccc4C3)cc21. The van der Waals surface area contributed by atoms with Gasteiger partial charge in [0.15, 0.2) is 5.58 Å². The molecule has 1 aliphatic rings. The Labute approximate surface area is 149 Å². The highest BCUT2D eigenvalue weighted by Gasteiger charge is 2.36. The van der Waals surface area contributed by atoms with Crippen molar-refractivity contribution in [2.75, 3.05) is 6.54 Å². The Kier molecular flexibility index (Phi) is 3.80. The van der Waals surface area contributed by atoms with Gasteiger partial charge in [0, 0.05) is 26.4 Å². The van der Waals surface area contributed by atoms with Crippen LogP contribution >= 0.6 is 0 Å². The number of rotatable bonds is 4. The van der Waals surface area contributed by atoms with Crippen LogP contribution in [0.1, 0.15) is 11.1 Å². The quantitative estimate of drug-likeness (QED) is 0.708. The Morgan fingerprint density at radius 2 is 1.85 bits per heavy atom. The van der Waals surface area contributed by atoms with E-state index < -0.39 is 21.4 Å². The molecule has 0 radical (unpaired) electrons. The first kappa shape index (κ1) is 17.0. The molecule has 0 saturated carbocycles. The van der Waals surface area contributed by atoms with Crippen LogP contribution in [0.4, 0.5) is 0 Å². The summed E-state index contributed by atoms with van der Waals surface area (Å²) in [5.74, 6) is -0.555. The van der Waals surface area contributed by atoms with E-state index >= 15 is 0 Å². The van der Waals surface area contributed by atoms with Crippen LogP contribution in [0.5, 0.6) is 0 Å². The molecule has 2 aromatic carbocycles. The average Bonchev–Trinajstić information content (AvgIpc) is 3.10. The summed E-state index contributed by atoms with van der Waals surface area (Å²) in [4.78, 5) is 11.6. The number of sulfonamides is 1. The number of nitrogens with zero attached hydrogens (tertiary/aromatic N) is 1. The van der Waals surface area contributed by atoms with Crippen LogP contribution in [0.25, 0.3) is 11.1 Å². The molecule has 0 unspecified atom stereocenters. The zero-order valence-electron chi connectivity index (χ0n) is 14.1. The minimum atomic E-state index is -3.84. The summed E-state index contributed by atoms with van der Waals surface area (Å²) in [6.45, 7) is -0.0909. The highest BCUT2D eigenvalue weighted by Crippen LogP contribution is 2.30. The largest absolute Gasteiger partial charge is 0.419 e. The summed E-state index contributed by atoms with van der Waals surface area (Å²) < 4.78 is 34.0. The van der Waals surface area contributed by atoms with Gasteiger partial charge in [0.1, 0.15) is 0 Å². The molecule has 0 atom stereocenters. The smallest absolute Gasteiger partial charge is 0.408 e. The molecule has 136 valence electrons. The number of aromatic nitrogens is 1. The summed E-state index contributed by atoms with van der Waals surface area (Å²) >= 11 is 0. The van der Waals surface area contributed by atoms with E-state index in [0.717, 1.165) is 11.1 Å². The minimum Gasteiger partial charge on any atom is -0.408 e. The third-order valence-electron chi connectivity index (χ3n) is 4.82. The predicted octanol–water partition coefficient (Wildman–Crippen LogP) is 0.940. The third kappa shape index (κ3) is 2.86. The molecule has 4 rings (SSSR count). The summed E-state index contributed by atoms with van der Waals surface area (Å²) in [5.41, 5.74) is 1.63. The summed E-state index contributed by atoms with van der Waals surface area (Å²) in [7, 11) is -2.33. The van der Waals surface area contributed by atoms with Crippen molar-refractivity contribution in [1.82, 2.24) is 9.29 Å². The molecule has 0 amide bonds. The molecule has 0 fully saturated rings. The fourth-order valence-corrected chi connectivity index (χ4v) is 4.52. The number of hydrogen-bond acceptors (Lipinski definition) is 5. The number of aryl methyl sites for hydroxylation is 1. The molecule has 0 saturated heterocycles. The van der Waals surface area contributed by atoms with Gasteiger partial charge in [-0.2, -0.15) is 0 Å². The van der Waals surface area contributed by atoms with E-state index in [1.165, 1.54) is 29.8 Å². The molecule has 1 aromatic heterocycles. The number of nitrogens with one attached hydrogen (secondary N) is 1. The van der Waals surface area contributed by atoms with Gasteiger partial charge in [0.2, 0.25) is 10.0 Å². The number of fused-ring (bicyclic) bond motifs is 2. The van der Waals surface area contributed by atoms with Gasteiger partial charge in [-0.1, -0.05) is 24.3 Å². The van der Waals surface area contributed by atoms with Gasteiger partial charge in [-0.15, -0.1) is 0 Å². The predicted molar refractivity (Wildman–Crippen MR) is 95.4 cm³/mol. The van der Waals surface area contributed by atoms with Crippen molar-refractivity contribution in [2.45, 2.75) is 23.3 Å². The van der Waals surface area contributed by atoms with Crippen LogP contribution in [0, 0.1) is 0 Å². The van der Waals surface area contributed by atoms with Crippen molar-refractivity contribution < 1.29 is 17.9 Å². The van der Waals surface area contributed by atoms with E-state index in [-0.39, 0.29) is 11.4 Å². The van der Waals surface area contributed by atoms with Gasteiger partial charge in [-0.3, -0.25) is 4.57 Å². The molecule has 2 N–H and O–H groups in total. The summed E-state index contributed by atoms with van der Waals surface area (Å²) in [6, 6.07) is 11.9. The van der Waals surface area contributed by atoms with Gasteiger partial charge in [0.25, 0.3) is 0 Å². The average molecular weight is 374 g/mol. The molecule has 0 spiro atoms. The zero-order chi connectivity index (χ0) is 18.5. The Morgan fingerprint density at radius 3 is 2.50 bits per heavy atom. The second-order valence-corrected chi connectivity index (χ2v) is 8.49. The third-order valence-corrected chi connectivity index (χ3v) is 6.22. The lowest BCUT2D eigenvalue weighted by atomic mass is 10.0. The maximum atomic E-state index is 12.6. The van der Waals surface area contributed by atoms with E-state index in [2.05, 4.69) is 4.72 Å². The molecule has 0 aliphatic heterocycles. The maximum Gasteiger partial charge on any atom is 0.419 e. The van der Waals surface area contributed by atoms with Gasteiger partial charge in [0.05, 0.1) is 16.0 Å². The van der Waals surface area contributed by atoms with E-state index in [4.69, 9.17) is 4.42 Å². The van der Waals surface area contributed by atoms with Crippen molar-refractivity contribution in [3.8, 4) is 0 Å². The van der Waals surface area contributed by atoms with Crippen molar-refractivity contribution in [3.05, 3.63) is 64.1 Å². The molecular formula is C18H18N2O5S. The fourth-order valence-electron chi connectivity index (χ4n) is 3.39. The second-order valence-electron chi connectivity index (χ2n) is 6.73. The number of hydrogen-bond donors (Lipinski definition) is 2. The van der Waals surface area contributed by atoms with E-state index in [0.29, 0.717) is 23.9 Å². The Morgan fingerprint density at radius 1 is 1.19 bits per heavy atom. The maximum absolute atomic E-state index is 12.6. The van der Waals surface area contributed by atoms with E-state index in [1.807, 2.05) is 24.3 Å². The summed E-state index contributed by atoms with van der Waals surface area (Å²) in [5, 5.41) is 10.8. The molecule has 7 nitrogen and oxygen atoms in total. The first-order valence-electron chi connectivity index (χ1n) is 8.16. The second kappa shape index (κ2) is 5.80. The Balaban J connectivity index is 1.57. The van der Waals surface area contributed by atoms with Crippen LogP contribution < -0.4 is 10.5 Å². The molecule has 3 aromatic rings. The van der Waals surface area contributed by atoms with Gasteiger partial charge in [-0.25, -0.2) is 17.9 Å². The molecule has 26 heavy (non-hydrogen) atoms. The zero-order valence-corrected chi connectivity index (χ0v) is 14.9. The monoisotopic (exact) mass is 374 g/mol.